The van der Waals surface area contributed by atoms with E-state index < -0.39 is 0 Å². The Balaban J connectivity index is 1.86. The fourth-order valence-electron chi connectivity index (χ4n) is 2.34. The van der Waals surface area contributed by atoms with E-state index >= 15 is 0 Å². The van der Waals surface area contributed by atoms with Gasteiger partial charge in [-0.05, 0) is 38.3 Å². The molecule has 1 fully saturated rings. The lowest BCUT2D eigenvalue weighted by Gasteiger charge is -2.30. The summed E-state index contributed by atoms with van der Waals surface area (Å²) in [5, 5.41) is 13.3. The maximum absolute atomic E-state index is 9.10. The first-order valence-corrected chi connectivity index (χ1v) is 6.53. The molecule has 2 heterocycles. The summed E-state index contributed by atoms with van der Waals surface area (Å²) in [5.41, 5.74) is 0. The zero-order chi connectivity index (χ0) is 12.1. The normalized spacial score (nSPS) is 18.7. The number of aliphatic hydroxyl groups excluding tert-OH is 1. The van der Waals surface area contributed by atoms with Gasteiger partial charge in [-0.15, -0.1) is 0 Å². The molecule has 5 heteroatoms. The molecule has 5 nitrogen and oxygen atoms in total. The molecule has 1 aromatic heterocycles. The smallest absolute Gasteiger partial charge is 0.141 e. The van der Waals surface area contributed by atoms with E-state index in [-0.39, 0.29) is 0 Å². The monoisotopic (exact) mass is 238 g/mol. The van der Waals surface area contributed by atoms with Crippen molar-refractivity contribution < 1.29 is 5.11 Å². The summed E-state index contributed by atoms with van der Waals surface area (Å²) < 4.78 is 2.00. The molecule has 0 aromatic carbocycles. The number of aryl methyl sites for hydroxylation is 1. The fourth-order valence-corrected chi connectivity index (χ4v) is 2.34. The van der Waals surface area contributed by atoms with E-state index in [0.29, 0.717) is 12.5 Å². The van der Waals surface area contributed by atoms with E-state index in [1.807, 2.05) is 4.68 Å². The molecule has 0 unspecified atom stereocenters. The van der Waals surface area contributed by atoms with Crippen LogP contribution in [0.25, 0.3) is 0 Å². The van der Waals surface area contributed by atoms with Crippen molar-refractivity contribution in [2.45, 2.75) is 39.3 Å². The minimum Gasteiger partial charge on any atom is -0.396 e. The third-order valence-corrected chi connectivity index (χ3v) is 3.46. The quantitative estimate of drug-likeness (QED) is 0.828. The first kappa shape index (κ1) is 12.5. The van der Waals surface area contributed by atoms with Crippen LogP contribution in [0.3, 0.4) is 0 Å². The van der Waals surface area contributed by atoms with Gasteiger partial charge >= 0.3 is 0 Å². The first-order chi connectivity index (χ1) is 8.33. The van der Waals surface area contributed by atoms with Crippen molar-refractivity contribution in [3.05, 3.63) is 12.2 Å². The van der Waals surface area contributed by atoms with Crippen molar-refractivity contribution in [2.75, 3.05) is 19.7 Å². The summed E-state index contributed by atoms with van der Waals surface area (Å²) >= 11 is 0. The van der Waals surface area contributed by atoms with Crippen LogP contribution in [0.2, 0.25) is 0 Å². The van der Waals surface area contributed by atoms with Crippen molar-refractivity contribution in [3.63, 3.8) is 0 Å². The van der Waals surface area contributed by atoms with Gasteiger partial charge in [0.25, 0.3) is 0 Å². The van der Waals surface area contributed by atoms with Crippen molar-refractivity contribution in [2.24, 2.45) is 5.92 Å². The number of rotatable bonds is 5. The fraction of sp³-hybridized carbons (Fsp3) is 0.833. The highest BCUT2D eigenvalue weighted by Crippen LogP contribution is 2.17. The van der Waals surface area contributed by atoms with Gasteiger partial charge in [0.1, 0.15) is 12.2 Å². The number of aliphatic hydroxyl groups is 1. The Bertz CT molecular complexity index is 331. The molecule has 0 aliphatic carbocycles. The van der Waals surface area contributed by atoms with E-state index in [9.17, 15) is 0 Å². The summed E-state index contributed by atoms with van der Waals surface area (Å²) in [6, 6.07) is 0. The van der Waals surface area contributed by atoms with Crippen LogP contribution in [0.5, 0.6) is 0 Å². The number of likely N-dealkylation sites (tertiary alicyclic amines) is 1. The topological polar surface area (TPSA) is 54.2 Å². The van der Waals surface area contributed by atoms with Crippen LogP contribution in [0.1, 0.15) is 32.0 Å². The van der Waals surface area contributed by atoms with Crippen molar-refractivity contribution in [1.29, 1.82) is 0 Å². The summed E-state index contributed by atoms with van der Waals surface area (Å²) in [6.45, 7) is 6.44. The van der Waals surface area contributed by atoms with Crippen LogP contribution < -0.4 is 0 Å². The highest BCUT2D eigenvalue weighted by atomic mass is 16.3. The highest BCUT2D eigenvalue weighted by Gasteiger charge is 2.19. The lowest BCUT2D eigenvalue weighted by Crippen LogP contribution is -2.35. The van der Waals surface area contributed by atoms with E-state index in [4.69, 9.17) is 5.11 Å². The van der Waals surface area contributed by atoms with Gasteiger partial charge in [-0.2, -0.15) is 5.10 Å². The van der Waals surface area contributed by atoms with E-state index in [0.717, 1.165) is 51.3 Å². The molecule has 0 bridgehead atoms. The molecule has 1 aliphatic rings. The molecule has 0 saturated carbocycles. The molecule has 2 rings (SSSR count). The zero-order valence-electron chi connectivity index (χ0n) is 10.5. The Morgan fingerprint density at radius 3 is 2.82 bits per heavy atom. The third-order valence-electron chi connectivity index (χ3n) is 3.46. The molecule has 1 aliphatic heterocycles. The third kappa shape index (κ3) is 3.26. The average Bonchev–Trinajstić information content (AvgIpc) is 2.78. The molecule has 1 aromatic rings. The Morgan fingerprint density at radius 1 is 1.41 bits per heavy atom. The van der Waals surface area contributed by atoms with Crippen molar-refractivity contribution in [3.8, 4) is 0 Å². The second-order valence-corrected chi connectivity index (χ2v) is 4.80. The molecule has 96 valence electrons. The molecular formula is C12H22N4O. The van der Waals surface area contributed by atoms with Gasteiger partial charge in [0.2, 0.25) is 0 Å². The van der Waals surface area contributed by atoms with E-state index in [2.05, 4.69) is 21.9 Å². The van der Waals surface area contributed by atoms with Gasteiger partial charge in [-0.25, -0.2) is 9.67 Å². The Morgan fingerprint density at radius 2 is 2.18 bits per heavy atom. The van der Waals surface area contributed by atoms with E-state index in [1.54, 1.807) is 6.33 Å². The number of nitrogens with zero attached hydrogens (tertiary/aromatic N) is 4. The second-order valence-electron chi connectivity index (χ2n) is 4.80. The lowest BCUT2D eigenvalue weighted by atomic mass is 9.98. The maximum Gasteiger partial charge on any atom is 0.141 e. The molecule has 0 atom stereocenters. The summed E-state index contributed by atoms with van der Waals surface area (Å²) in [4.78, 5) is 6.73. The Kier molecular flexibility index (Phi) is 4.50. The molecule has 1 saturated heterocycles. The van der Waals surface area contributed by atoms with Gasteiger partial charge in [0.05, 0.1) is 6.54 Å². The predicted octanol–water partition coefficient (Wildman–Crippen LogP) is 0.892. The molecular weight excluding hydrogens is 216 g/mol. The van der Waals surface area contributed by atoms with Crippen LogP contribution in [0.4, 0.5) is 0 Å². The van der Waals surface area contributed by atoms with Crippen molar-refractivity contribution in [1.82, 2.24) is 19.7 Å². The van der Waals surface area contributed by atoms with E-state index in [1.165, 1.54) is 0 Å². The molecule has 1 N–H and O–H groups in total. The maximum atomic E-state index is 9.10. The van der Waals surface area contributed by atoms with Gasteiger partial charge in [0.15, 0.2) is 0 Å². The van der Waals surface area contributed by atoms with Gasteiger partial charge < -0.3 is 5.11 Å². The standard InChI is InChI=1S/C12H22N4O/c1-2-5-16-12(13-10-14-16)8-15-6-3-11(9-17)4-7-15/h10-11,17H,2-9H2,1H3. The number of piperidine rings is 1. The minimum atomic E-state index is 0.333. The van der Waals surface area contributed by atoms with Crippen LogP contribution in [-0.2, 0) is 13.1 Å². The molecule has 0 radical (unpaired) electrons. The number of hydrogen-bond donors (Lipinski definition) is 1. The van der Waals surface area contributed by atoms with Gasteiger partial charge in [-0.1, -0.05) is 6.92 Å². The molecule has 0 amide bonds. The zero-order valence-corrected chi connectivity index (χ0v) is 10.5. The average molecular weight is 238 g/mol. The van der Waals surface area contributed by atoms with Crippen LogP contribution in [-0.4, -0.2) is 44.5 Å². The SMILES string of the molecule is CCCn1ncnc1CN1CCC(CO)CC1. The minimum absolute atomic E-state index is 0.333. The number of aromatic nitrogens is 3. The Hall–Kier alpha value is -0.940. The summed E-state index contributed by atoms with van der Waals surface area (Å²) in [5.74, 6) is 1.56. The first-order valence-electron chi connectivity index (χ1n) is 6.53. The lowest BCUT2D eigenvalue weighted by molar-refractivity contribution is 0.124. The predicted molar refractivity (Wildman–Crippen MR) is 65.4 cm³/mol. The van der Waals surface area contributed by atoms with Crippen LogP contribution in [0.15, 0.2) is 6.33 Å². The Labute approximate surface area is 102 Å². The van der Waals surface area contributed by atoms with Crippen molar-refractivity contribution >= 4 is 0 Å². The number of hydrogen-bond acceptors (Lipinski definition) is 4. The van der Waals surface area contributed by atoms with Gasteiger partial charge in [-0.3, -0.25) is 4.90 Å². The van der Waals surface area contributed by atoms with Crippen LogP contribution in [0, 0.1) is 5.92 Å². The molecule has 0 spiro atoms. The summed E-state index contributed by atoms with van der Waals surface area (Å²) in [7, 11) is 0. The summed E-state index contributed by atoms with van der Waals surface area (Å²) in [6.07, 6.45) is 4.92. The largest absolute Gasteiger partial charge is 0.396 e. The van der Waals surface area contributed by atoms with Gasteiger partial charge in [0, 0.05) is 13.2 Å². The molecule has 17 heavy (non-hydrogen) atoms. The highest BCUT2D eigenvalue weighted by molar-refractivity contribution is 4.86. The van der Waals surface area contributed by atoms with Crippen LogP contribution >= 0.6 is 0 Å². The second kappa shape index (κ2) is 6.12.